The third kappa shape index (κ3) is 7.30. The van der Waals surface area contributed by atoms with Gasteiger partial charge in [0.05, 0.1) is 19.3 Å². The van der Waals surface area contributed by atoms with E-state index in [0.717, 1.165) is 6.07 Å². The number of aliphatic carboxylic acids is 3. The van der Waals surface area contributed by atoms with Gasteiger partial charge < -0.3 is 85.2 Å². The Morgan fingerprint density at radius 2 is 1.56 bits per heavy atom. The van der Waals surface area contributed by atoms with Crippen molar-refractivity contribution < 1.29 is 94.1 Å². The zero-order chi connectivity index (χ0) is 36.6. The molecule has 4 aliphatic rings. The van der Waals surface area contributed by atoms with Crippen LogP contribution in [0.15, 0.2) is 35.6 Å². The molecule has 0 aliphatic carbocycles. The number of hydrogen-bond donors (Lipinski definition) is 11. The predicted octanol–water partition coefficient (Wildman–Crippen LogP) is -5.87. The molecular formula is C30H36N2O18. The summed E-state index contributed by atoms with van der Waals surface area (Å²) in [7, 11) is 0. The van der Waals surface area contributed by atoms with Crippen LogP contribution in [0.4, 0.5) is 5.69 Å². The number of rotatable bonds is 10. The van der Waals surface area contributed by atoms with Crippen LogP contribution < -0.4 is 15.2 Å². The number of fused-ring (bicyclic) bond motifs is 1. The number of phenols is 1. The van der Waals surface area contributed by atoms with Crippen LogP contribution in [-0.4, -0.2) is 166 Å². The first kappa shape index (κ1) is 37.0. The van der Waals surface area contributed by atoms with Crippen LogP contribution in [0.3, 0.4) is 0 Å². The third-order valence-electron chi connectivity index (χ3n) is 8.74. The molecule has 274 valence electrons. The Bertz CT molecular complexity index is 1580. The number of benzene rings is 1. The average molecular weight is 713 g/mol. The number of allylic oxidation sites excluding steroid dienone is 2. The first-order valence-electron chi connectivity index (χ1n) is 15.2. The smallest absolute Gasteiger partial charge is 0.351 e. The third-order valence-corrected chi connectivity index (χ3v) is 8.74. The molecule has 0 spiro atoms. The fourth-order valence-corrected chi connectivity index (χ4v) is 6.03. The molecule has 1 aromatic rings. The monoisotopic (exact) mass is 712 g/mol. The zero-order valence-electron chi connectivity index (χ0n) is 25.8. The van der Waals surface area contributed by atoms with Crippen LogP contribution in [0.2, 0.25) is 0 Å². The van der Waals surface area contributed by atoms with Crippen LogP contribution in [-0.2, 0) is 35.0 Å². The van der Waals surface area contributed by atoms with E-state index >= 15 is 0 Å². The molecule has 0 aromatic heterocycles. The molecule has 1 aromatic carbocycles. The normalized spacial score (nSPS) is 37.1. The second-order valence-electron chi connectivity index (χ2n) is 12.0. The van der Waals surface area contributed by atoms with Crippen LogP contribution >= 0.6 is 0 Å². The lowest BCUT2D eigenvalue weighted by Gasteiger charge is -2.45. The van der Waals surface area contributed by atoms with E-state index in [4.69, 9.17) is 18.9 Å². The molecule has 2 fully saturated rings. The number of hydrogen-bond acceptors (Lipinski definition) is 17. The van der Waals surface area contributed by atoms with Crippen molar-refractivity contribution in [1.29, 1.82) is 0 Å². The van der Waals surface area contributed by atoms with Crippen LogP contribution in [0.25, 0.3) is 0 Å². The summed E-state index contributed by atoms with van der Waals surface area (Å²) in [5.74, 6) is -5.21. The topological polar surface area (TPSA) is 329 Å². The fraction of sp³-hybridized carbons (Fsp3) is 0.533. The standard InChI is InChI=1S/C30H36N2O18/c33-8-18-20(36)22(38)24(40)29(48-18)50-25-23(39)21(37)19(9-34)49-30(25)47-17-6-11-5-15(28(45)46)32(14(11)7-16(17)35)2-1-10-3-12(26(41)42)31-13(4-10)27(43)44/h1-3,6-7,13,15,18-25,29-30,33-34,36-40H,4-5,8-9H2,(H4,35,41,42,43,44,45,46). The van der Waals surface area contributed by atoms with Gasteiger partial charge in [-0.25, -0.2) is 9.59 Å². The van der Waals surface area contributed by atoms with Gasteiger partial charge in [0.25, 0.3) is 0 Å². The Hall–Kier alpha value is -4.22. The maximum atomic E-state index is 12.1. The second-order valence-corrected chi connectivity index (χ2v) is 12.0. The van der Waals surface area contributed by atoms with Gasteiger partial charge in [-0.05, 0) is 17.7 Å². The van der Waals surface area contributed by atoms with E-state index in [1.165, 1.54) is 29.0 Å². The van der Waals surface area contributed by atoms with Gasteiger partial charge in [0, 0.05) is 24.5 Å². The van der Waals surface area contributed by atoms with Crippen molar-refractivity contribution in [3.05, 3.63) is 41.1 Å². The second kappa shape index (κ2) is 14.9. The molecule has 0 amide bonds. The van der Waals surface area contributed by atoms with Gasteiger partial charge in [-0.3, -0.25) is 0 Å². The predicted molar refractivity (Wildman–Crippen MR) is 157 cm³/mol. The van der Waals surface area contributed by atoms with Gasteiger partial charge in [-0.1, -0.05) is 0 Å². The summed E-state index contributed by atoms with van der Waals surface area (Å²) in [4.78, 5) is 35.2. The molecule has 0 saturated carbocycles. The van der Waals surface area contributed by atoms with Gasteiger partial charge in [0.15, 0.2) is 30.1 Å². The quantitative estimate of drug-likeness (QED) is 0.101. The highest BCUT2D eigenvalue weighted by atomic mass is 16.8. The summed E-state index contributed by atoms with van der Waals surface area (Å²) < 4.78 is 23.5. The molecule has 11 N–H and O–H groups in total. The number of nitrogens with zero attached hydrogens (tertiary/aromatic N) is 1. The van der Waals surface area contributed by atoms with Gasteiger partial charge >= 0.3 is 11.9 Å². The van der Waals surface area contributed by atoms with Crippen molar-refractivity contribution in [3.8, 4) is 11.5 Å². The Balaban J connectivity index is 1.45. The Morgan fingerprint density at radius 3 is 2.16 bits per heavy atom. The van der Waals surface area contributed by atoms with Crippen molar-refractivity contribution in [1.82, 2.24) is 5.32 Å². The number of phenolic OH excluding ortho intramolecular Hbond substituents is 1. The van der Waals surface area contributed by atoms with Crippen molar-refractivity contribution >= 4 is 29.8 Å². The number of aliphatic hydroxyl groups is 7. The summed E-state index contributed by atoms with van der Waals surface area (Å²) in [5.41, 5.74) is 0.274. The van der Waals surface area contributed by atoms with Crippen molar-refractivity contribution in [3.63, 3.8) is 0 Å². The summed E-state index contributed by atoms with van der Waals surface area (Å²) in [6, 6.07) is -0.262. The molecule has 5 rings (SSSR count). The molecule has 0 bridgehead atoms. The number of carboxylic acid groups (broad SMARTS) is 3. The van der Waals surface area contributed by atoms with Gasteiger partial charge in [-0.2, -0.15) is 4.58 Å². The van der Waals surface area contributed by atoms with Gasteiger partial charge in [0.1, 0.15) is 60.4 Å². The maximum Gasteiger partial charge on any atom is 0.351 e. The van der Waals surface area contributed by atoms with Gasteiger partial charge in [0.2, 0.25) is 18.0 Å². The lowest BCUT2D eigenvalue weighted by atomic mass is 9.97. The van der Waals surface area contributed by atoms with E-state index < -0.39 is 110 Å². The van der Waals surface area contributed by atoms with Crippen molar-refractivity contribution in [2.45, 2.75) is 86.3 Å². The molecule has 0 radical (unpaired) electrons. The zero-order valence-corrected chi connectivity index (χ0v) is 25.8. The minimum absolute atomic E-state index is 0.138. The summed E-state index contributed by atoms with van der Waals surface area (Å²) in [6.07, 6.45) is -14.0. The first-order chi connectivity index (χ1) is 23.6. The SMILES string of the molecule is O=C(O)C1=CC(=CC=[N+]2c3cc(O)c(OC4OC(CO)C(O)C(O)C4OC4OC(CO)C(O)C(O)C4O)cc3CC2C(=O)[O-])CC(C(=O)O)N1. The van der Waals surface area contributed by atoms with E-state index in [9.17, 15) is 70.6 Å². The van der Waals surface area contributed by atoms with E-state index in [0.29, 0.717) is 0 Å². The Labute approximate surface area is 281 Å². The number of carboxylic acids is 3. The molecule has 50 heavy (non-hydrogen) atoms. The first-order valence-corrected chi connectivity index (χ1v) is 15.2. The lowest BCUT2D eigenvalue weighted by Crippen LogP contribution is -2.65. The van der Waals surface area contributed by atoms with E-state index in [-0.39, 0.29) is 41.1 Å². The highest BCUT2D eigenvalue weighted by Gasteiger charge is 2.51. The summed E-state index contributed by atoms with van der Waals surface area (Å²) in [5, 5.41) is 116. The molecule has 20 heteroatoms. The Morgan fingerprint density at radius 1 is 0.920 bits per heavy atom. The molecule has 2 saturated heterocycles. The highest BCUT2D eigenvalue weighted by molar-refractivity contribution is 5.89. The summed E-state index contributed by atoms with van der Waals surface area (Å²) in [6.45, 7) is -1.62. The van der Waals surface area contributed by atoms with E-state index in [2.05, 4.69) is 5.32 Å². The van der Waals surface area contributed by atoms with Gasteiger partial charge in [-0.15, -0.1) is 0 Å². The minimum atomic E-state index is -1.92. The van der Waals surface area contributed by atoms with Crippen LogP contribution in [0.1, 0.15) is 12.0 Å². The van der Waals surface area contributed by atoms with E-state index in [1.807, 2.05) is 0 Å². The molecule has 20 nitrogen and oxygen atoms in total. The largest absolute Gasteiger partial charge is 0.543 e. The van der Waals surface area contributed by atoms with E-state index in [1.54, 1.807) is 0 Å². The minimum Gasteiger partial charge on any atom is -0.543 e. The van der Waals surface area contributed by atoms with Crippen LogP contribution in [0.5, 0.6) is 11.5 Å². The number of carbonyl (C=O) groups excluding carboxylic acids is 1. The number of aliphatic hydroxyl groups excluding tert-OH is 7. The average Bonchev–Trinajstić information content (AvgIpc) is 3.43. The van der Waals surface area contributed by atoms with Crippen molar-refractivity contribution in [2.24, 2.45) is 0 Å². The molecule has 12 unspecified atom stereocenters. The van der Waals surface area contributed by atoms with Crippen molar-refractivity contribution in [2.75, 3.05) is 13.2 Å². The molecular weight excluding hydrogens is 676 g/mol. The molecule has 4 aliphatic heterocycles. The summed E-state index contributed by atoms with van der Waals surface area (Å²) >= 11 is 0. The van der Waals surface area contributed by atoms with Crippen LogP contribution in [0, 0.1) is 0 Å². The molecule has 12 atom stereocenters. The maximum absolute atomic E-state index is 12.1. The number of aromatic hydroxyl groups is 1. The number of carbonyl (C=O) groups is 3. The molecule has 4 heterocycles. The highest BCUT2D eigenvalue weighted by Crippen LogP contribution is 2.41. The number of ether oxygens (including phenoxy) is 4. The Kier molecular flexibility index (Phi) is 11.1. The lowest BCUT2D eigenvalue weighted by molar-refractivity contribution is -0.475. The fourth-order valence-electron chi connectivity index (χ4n) is 6.03. The number of nitrogens with one attached hydrogen (secondary N) is 1.